The van der Waals surface area contributed by atoms with E-state index >= 15 is 0 Å². The molecule has 1 saturated carbocycles. The number of nitrogens with two attached hydrogens (primary N) is 1. The number of rotatable bonds is 4. The maximum absolute atomic E-state index is 6.19. The van der Waals surface area contributed by atoms with Crippen LogP contribution < -0.4 is 15.4 Å². The van der Waals surface area contributed by atoms with Crippen LogP contribution in [0, 0.1) is 5.41 Å². The Morgan fingerprint density at radius 2 is 1.90 bits per heavy atom. The number of hydrogen-bond donors (Lipinski definition) is 1. The first kappa shape index (κ1) is 16.2. The van der Waals surface area contributed by atoms with E-state index < -0.39 is 0 Å². The van der Waals surface area contributed by atoms with E-state index in [1.807, 2.05) is 13.0 Å². The van der Waals surface area contributed by atoms with Gasteiger partial charge >= 0.3 is 0 Å². The number of benzene rings is 1. The average Bonchev–Trinajstić information content (AvgIpc) is 2.45. The maximum Gasteiger partial charge on any atom is 0.125 e. The largest absolute Gasteiger partial charge is 0.496 e. The zero-order valence-corrected chi connectivity index (χ0v) is 14.1. The molecule has 21 heavy (non-hydrogen) atoms. The summed E-state index contributed by atoms with van der Waals surface area (Å²) in [5.74, 6) is 0.894. The molecule has 0 saturated heterocycles. The summed E-state index contributed by atoms with van der Waals surface area (Å²) in [5, 5.41) is 0. The molecule has 0 heterocycles. The lowest BCUT2D eigenvalue weighted by atomic mass is 9.75. The topological polar surface area (TPSA) is 38.5 Å². The van der Waals surface area contributed by atoms with Crippen LogP contribution >= 0.6 is 0 Å². The van der Waals surface area contributed by atoms with Crippen LogP contribution in [0.3, 0.4) is 0 Å². The van der Waals surface area contributed by atoms with Gasteiger partial charge in [0.1, 0.15) is 5.75 Å². The molecule has 1 atom stereocenters. The minimum Gasteiger partial charge on any atom is -0.496 e. The lowest BCUT2D eigenvalue weighted by Gasteiger charge is -2.40. The summed E-state index contributed by atoms with van der Waals surface area (Å²) in [6, 6.07) is 6.80. The van der Waals surface area contributed by atoms with Crippen LogP contribution in [0.25, 0.3) is 0 Å². The van der Waals surface area contributed by atoms with Crippen molar-refractivity contribution in [3.8, 4) is 5.75 Å². The van der Waals surface area contributed by atoms with E-state index in [9.17, 15) is 0 Å². The normalized spacial score (nSPS) is 20.1. The van der Waals surface area contributed by atoms with Gasteiger partial charge in [-0.1, -0.05) is 19.9 Å². The van der Waals surface area contributed by atoms with Gasteiger partial charge in [-0.15, -0.1) is 0 Å². The number of hydrogen-bond acceptors (Lipinski definition) is 3. The Balaban J connectivity index is 2.25. The average molecular weight is 290 g/mol. The van der Waals surface area contributed by atoms with E-state index in [1.165, 1.54) is 31.4 Å². The van der Waals surface area contributed by atoms with Crippen LogP contribution in [0.5, 0.6) is 5.75 Å². The monoisotopic (exact) mass is 290 g/mol. The molecule has 0 aromatic heterocycles. The van der Waals surface area contributed by atoms with Crippen molar-refractivity contribution in [3.63, 3.8) is 0 Å². The van der Waals surface area contributed by atoms with Gasteiger partial charge in [0.25, 0.3) is 0 Å². The molecule has 118 valence electrons. The van der Waals surface area contributed by atoms with Crippen molar-refractivity contribution in [2.24, 2.45) is 11.1 Å². The molecule has 0 amide bonds. The minimum atomic E-state index is -0.0290. The van der Waals surface area contributed by atoms with Crippen molar-refractivity contribution < 1.29 is 4.74 Å². The number of ether oxygens (including phenoxy) is 1. The third kappa shape index (κ3) is 3.52. The summed E-state index contributed by atoms with van der Waals surface area (Å²) in [4.78, 5) is 2.41. The molecular weight excluding hydrogens is 260 g/mol. The van der Waals surface area contributed by atoms with Gasteiger partial charge in [0.05, 0.1) is 7.11 Å². The molecule has 0 bridgehead atoms. The fourth-order valence-corrected chi connectivity index (χ4v) is 3.44. The number of anilines is 1. The first-order valence-electron chi connectivity index (χ1n) is 8.01. The Hall–Kier alpha value is -1.22. The number of nitrogens with zero attached hydrogens (tertiary/aromatic N) is 1. The fourth-order valence-electron chi connectivity index (χ4n) is 3.44. The Kier molecular flexibility index (Phi) is 4.82. The molecule has 2 rings (SSSR count). The van der Waals surface area contributed by atoms with Gasteiger partial charge in [-0.2, -0.15) is 0 Å². The van der Waals surface area contributed by atoms with E-state index in [-0.39, 0.29) is 6.04 Å². The van der Waals surface area contributed by atoms with Crippen molar-refractivity contribution in [2.75, 3.05) is 19.1 Å². The highest BCUT2D eigenvalue weighted by Gasteiger charge is 2.30. The highest BCUT2D eigenvalue weighted by molar-refractivity contribution is 5.61. The molecule has 1 aliphatic rings. The number of methoxy groups -OCH3 is 1. The summed E-state index contributed by atoms with van der Waals surface area (Å²) >= 11 is 0. The zero-order chi connectivity index (χ0) is 15.6. The zero-order valence-electron chi connectivity index (χ0n) is 14.1. The van der Waals surface area contributed by atoms with E-state index in [1.54, 1.807) is 7.11 Å². The van der Waals surface area contributed by atoms with Crippen molar-refractivity contribution in [3.05, 3.63) is 23.8 Å². The molecule has 1 fully saturated rings. The van der Waals surface area contributed by atoms with Gasteiger partial charge in [0, 0.05) is 30.4 Å². The van der Waals surface area contributed by atoms with Crippen LogP contribution in [0.4, 0.5) is 5.69 Å². The molecule has 1 aromatic rings. The molecule has 3 nitrogen and oxygen atoms in total. The highest BCUT2D eigenvalue weighted by Crippen LogP contribution is 2.40. The summed E-state index contributed by atoms with van der Waals surface area (Å²) < 4.78 is 5.51. The molecule has 0 aliphatic heterocycles. The van der Waals surface area contributed by atoms with Crippen molar-refractivity contribution in [1.82, 2.24) is 0 Å². The predicted molar refractivity (Wildman–Crippen MR) is 90.0 cm³/mol. The second-order valence-corrected chi connectivity index (χ2v) is 7.19. The van der Waals surface area contributed by atoms with Crippen LogP contribution in [0.15, 0.2) is 18.2 Å². The van der Waals surface area contributed by atoms with Gasteiger partial charge in [-0.25, -0.2) is 0 Å². The van der Waals surface area contributed by atoms with Crippen LogP contribution in [0.2, 0.25) is 0 Å². The van der Waals surface area contributed by atoms with Crippen molar-refractivity contribution in [1.29, 1.82) is 0 Å². The van der Waals surface area contributed by atoms with Crippen molar-refractivity contribution >= 4 is 5.69 Å². The molecule has 0 radical (unpaired) electrons. The molecule has 1 aliphatic carbocycles. The van der Waals surface area contributed by atoms with Gasteiger partial charge in [0.15, 0.2) is 0 Å². The Morgan fingerprint density at radius 3 is 2.43 bits per heavy atom. The molecule has 1 aromatic carbocycles. The Bertz CT molecular complexity index is 472. The summed E-state index contributed by atoms with van der Waals surface area (Å²) in [7, 11) is 3.91. The first-order valence-corrected chi connectivity index (χ1v) is 8.01. The molecule has 0 unspecified atom stereocenters. The van der Waals surface area contributed by atoms with Gasteiger partial charge in [-0.3, -0.25) is 0 Å². The second kappa shape index (κ2) is 6.27. The maximum atomic E-state index is 6.19. The molecule has 2 N–H and O–H groups in total. The van der Waals surface area contributed by atoms with Gasteiger partial charge in [0.2, 0.25) is 0 Å². The SMILES string of the molecule is COc1cccc(N(C)C2CCC(C)(C)CC2)c1[C@H](C)N. The van der Waals surface area contributed by atoms with E-state index in [4.69, 9.17) is 10.5 Å². The van der Waals surface area contributed by atoms with Crippen LogP contribution in [-0.4, -0.2) is 20.2 Å². The third-order valence-corrected chi connectivity index (χ3v) is 4.95. The predicted octanol–water partition coefficient (Wildman–Crippen LogP) is 4.12. The summed E-state index contributed by atoms with van der Waals surface area (Å²) in [6.07, 6.45) is 5.08. The van der Waals surface area contributed by atoms with Crippen LogP contribution in [-0.2, 0) is 0 Å². The molecule has 0 spiro atoms. The fraction of sp³-hybridized carbons (Fsp3) is 0.667. The first-order chi connectivity index (χ1) is 9.85. The third-order valence-electron chi connectivity index (χ3n) is 4.95. The second-order valence-electron chi connectivity index (χ2n) is 7.19. The highest BCUT2D eigenvalue weighted by atomic mass is 16.5. The summed E-state index contributed by atoms with van der Waals surface area (Å²) in [6.45, 7) is 6.78. The lowest BCUT2D eigenvalue weighted by Crippen LogP contribution is -2.38. The molecule has 3 heteroatoms. The smallest absolute Gasteiger partial charge is 0.125 e. The lowest BCUT2D eigenvalue weighted by molar-refractivity contribution is 0.222. The van der Waals surface area contributed by atoms with Crippen LogP contribution in [0.1, 0.15) is 58.1 Å². The molecular formula is C18H30N2O. The Labute approximate surface area is 129 Å². The summed E-state index contributed by atoms with van der Waals surface area (Å²) in [5.41, 5.74) is 9.03. The quantitative estimate of drug-likeness (QED) is 0.906. The standard InChI is InChI=1S/C18H30N2O/c1-13(19)17-15(7-6-8-16(17)21-5)20(4)14-9-11-18(2,3)12-10-14/h6-8,13-14H,9-12,19H2,1-5H3/t13-/m0/s1. The van der Waals surface area contributed by atoms with E-state index in [2.05, 4.69) is 37.9 Å². The van der Waals surface area contributed by atoms with Crippen molar-refractivity contribution in [2.45, 2.75) is 58.5 Å². The van der Waals surface area contributed by atoms with Gasteiger partial charge in [-0.05, 0) is 50.2 Å². The minimum absolute atomic E-state index is 0.0290. The van der Waals surface area contributed by atoms with E-state index in [0.29, 0.717) is 11.5 Å². The van der Waals surface area contributed by atoms with E-state index in [0.717, 1.165) is 11.3 Å². The Morgan fingerprint density at radius 1 is 1.29 bits per heavy atom. The van der Waals surface area contributed by atoms with Gasteiger partial charge < -0.3 is 15.4 Å².